The van der Waals surface area contributed by atoms with Crippen LogP contribution in [0.2, 0.25) is 0 Å². The van der Waals surface area contributed by atoms with E-state index in [2.05, 4.69) is 31.0 Å². The van der Waals surface area contributed by atoms with Crippen LogP contribution in [0.3, 0.4) is 0 Å². The quantitative estimate of drug-likeness (QED) is 0.532. The lowest BCUT2D eigenvalue weighted by atomic mass is 10.2. The average molecular weight is 214 g/mol. The molecule has 0 rings (SSSR count). The first-order valence-electron chi connectivity index (χ1n) is 6.78. The maximum absolute atomic E-state index is 3.45. The van der Waals surface area contributed by atoms with Gasteiger partial charge in [0.1, 0.15) is 0 Å². The van der Waals surface area contributed by atoms with E-state index in [1.54, 1.807) is 0 Å². The highest BCUT2D eigenvalue weighted by Crippen LogP contribution is 1.98. The lowest BCUT2D eigenvalue weighted by Crippen LogP contribution is -2.27. The molecule has 0 saturated heterocycles. The van der Waals surface area contributed by atoms with Gasteiger partial charge in [0.05, 0.1) is 0 Å². The Morgan fingerprint density at radius 1 is 0.733 bits per heavy atom. The highest BCUT2D eigenvalue weighted by molar-refractivity contribution is 4.57. The van der Waals surface area contributed by atoms with Crippen molar-refractivity contribution in [1.29, 1.82) is 0 Å². The number of hydrogen-bond donors (Lipinski definition) is 1. The predicted octanol–water partition coefficient (Wildman–Crippen LogP) is 2.89. The molecule has 0 bridgehead atoms. The number of unbranched alkanes of at least 4 members (excludes halogenated alkanes) is 1. The minimum atomic E-state index is 1.17. The Balaban J connectivity index is 3.28. The molecule has 0 amide bonds. The molecule has 0 aliphatic rings. The van der Waals surface area contributed by atoms with E-state index < -0.39 is 0 Å². The molecule has 2 heteroatoms. The molecule has 0 unspecified atom stereocenters. The van der Waals surface area contributed by atoms with Gasteiger partial charge in [0.2, 0.25) is 0 Å². The van der Waals surface area contributed by atoms with Crippen molar-refractivity contribution >= 4 is 0 Å². The average Bonchev–Trinajstić information content (AvgIpc) is 2.24. The molecule has 0 aliphatic carbocycles. The van der Waals surface area contributed by atoms with Crippen LogP contribution in [0, 0.1) is 0 Å². The molecular weight excluding hydrogens is 184 g/mol. The number of hydrogen-bond acceptors (Lipinski definition) is 2. The Morgan fingerprint density at radius 2 is 1.40 bits per heavy atom. The second-order valence-corrected chi connectivity index (χ2v) is 4.30. The third-order valence-electron chi connectivity index (χ3n) is 2.58. The summed E-state index contributed by atoms with van der Waals surface area (Å²) in [5.74, 6) is 0. The summed E-state index contributed by atoms with van der Waals surface area (Å²) in [6, 6.07) is 0. The van der Waals surface area contributed by atoms with E-state index >= 15 is 0 Å². The van der Waals surface area contributed by atoms with Crippen molar-refractivity contribution in [3.63, 3.8) is 0 Å². The normalized spacial score (nSPS) is 11.2. The molecule has 0 aliphatic heterocycles. The van der Waals surface area contributed by atoms with Gasteiger partial charge in [0, 0.05) is 0 Å². The molecule has 92 valence electrons. The van der Waals surface area contributed by atoms with Gasteiger partial charge in [-0.15, -0.1) is 0 Å². The molecule has 2 nitrogen and oxygen atoms in total. The van der Waals surface area contributed by atoms with Crippen LogP contribution in [0.1, 0.15) is 52.9 Å². The maximum atomic E-state index is 3.45. The number of rotatable bonds is 11. The van der Waals surface area contributed by atoms with Crippen molar-refractivity contribution < 1.29 is 0 Å². The van der Waals surface area contributed by atoms with E-state index in [1.165, 1.54) is 64.8 Å². The molecule has 0 aromatic carbocycles. The Hall–Kier alpha value is -0.0800. The van der Waals surface area contributed by atoms with Crippen LogP contribution in [0.25, 0.3) is 0 Å². The van der Waals surface area contributed by atoms with Crippen LogP contribution in [-0.4, -0.2) is 37.6 Å². The fourth-order valence-electron chi connectivity index (χ4n) is 1.86. The first kappa shape index (κ1) is 14.9. The summed E-state index contributed by atoms with van der Waals surface area (Å²) < 4.78 is 0. The Kier molecular flexibility index (Phi) is 11.9. The Bertz CT molecular complexity index is 109. The van der Waals surface area contributed by atoms with Gasteiger partial charge in [-0.1, -0.05) is 20.8 Å². The van der Waals surface area contributed by atoms with E-state index in [-0.39, 0.29) is 0 Å². The van der Waals surface area contributed by atoms with Gasteiger partial charge < -0.3 is 10.2 Å². The number of nitrogens with one attached hydrogen (secondary N) is 1. The van der Waals surface area contributed by atoms with Crippen LogP contribution in [0.5, 0.6) is 0 Å². The molecule has 15 heavy (non-hydrogen) atoms. The van der Waals surface area contributed by atoms with Crippen molar-refractivity contribution in [3.8, 4) is 0 Å². The first-order valence-corrected chi connectivity index (χ1v) is 6.78. The second-order valence-electron chi connectivity index (χ2n) is 4.30. The van der Waals surface area contributed by atoms with Gasteiger partial charge in [-0.3, -0.25) is 0 Å². The first-order chi connectivity index (χ1) is 7.35. The fourth-order valence-corrected chi connectivity index (χ4v) is 1.86. The third kappa shape index (κ3) is 10.2. The maximum Gasteiger partial charge on any atom is -0.00183 e. The van der Waals surface area contributed by atoms with Crippen LogP contribution in [-0.2, 0) is 0 Å². The van der Waals surface area contributed by atoms with Crippen LogP contribution < -0.4 is 5.32 Å². The zero-order valence-electron chi connectivity index (χ0n) is 11.0. The van der Waals surface area contributed by atoms with Gasteiger partial charge in [-0.25, -0.2) is 0 Å². The molecule has 0 aromatic heterocycles. The number of nitrogens with zero attached hydrogens (tertiary/aromatic N) is 1. The largest absolute Gasteiger partial charge is 0.317 e. The van der Waals surface area contributed by atoms with Crippen molar-refractivity contribution in [1.82, 2.24) is 10.2 Å². The molecule has 0 spiro atoms. The Labute approximate surface area is 96.4 Å². The monoisotopic (exact) mass is 214 g/mol. The fraction of sp³-hybridized carbons (Fsp3) is 1.00. The Morgan fingerprint density at radius 3 is 1.93 bits per heavy atom. The summed E-state index contributed by atoms with van der Waals surface area (Å²) in [7, 11) is 0. The summed E-state index contributed by atoms with van der Waals surface area (Å²) in [6.45, 7) is 13.0. The highest BCUT2D eigenvalue weighted by Gasteiger charge is 2.00. The smallest absolute Gasteiger partial charge is 0.00183 e. The summed E-state index contributed by atoms with van der Waals surface area (Å²) in [5.41, 5.74) is 0. The van der Waals surface area contributed by atoms with E-state index in [0.29, 0.717) is 0 Å². The van der Waals surface area contributed by atoms with E-state index in [0.717, 1.165) is 0 Å². The van der Waals surface area contributed by atoms with Crippen molar-refractivity contribution in [2.45, 2.75) is 52.9 Å². The summed E-state index contributed by atoms with van der Waals surface area (Å²) in [6.07, 6.45) is 6.49. The summed E-state index contributed by atoms with van der Waals surface area (Å²) in [4.78, 5) is 2.60. The van der Waals surface area contributed by atoms with Gasteiger partial charge in [-0.2, -0.15) is 0 Å². The lowest BCUT2D eigenvalue weighted by molar-refractivity contribution is 0.268. The summed E-state index contributed by atoms with van der Waals surface area (Å²) >= 11 is 0. The van der Waals surface area contributed by atoms with E-state index in [4.69, 9.17) is 0 Å². The molecule has 0 saturated carbocycles. The van der Waals surface area contributed by atoms with Gasteiger partial charge in [-0.05, 0) is 64.8 Å². The molecule has 0 fully saturated rings. The third-order valence-corrected chi connectivity index (χ3v) is 2.58. The molecule has 0 heterocycles. The summed E-state index contributed by atoms with van der Waals surface area (Å²) in [5, 5.41) is 3.45. The minimum Gasteiger partial charge on any atom is -0.317 e. The lowest BCUT2D eigenvalue weighted by Gasteiger charge is -2.20. The van der Waals surface area contributed by atoms with Gasteiger partial charge in [0.25, 0.3) is 0 Å². The standard InChI is InChI=1S/C13H30N2/c1-4-9-14-10-7-8-13-15(11-5-2)12-6-3/h14H,4-13H2,1-3H3. The topological polar surface area (TPSA) is 15.3 Å². The zero-order valence-corrected chi connectivity index (χ0v) is 11.0. The van der Waals surface area contributed by atoms with Crippen LogP contribution >= 0.6 is 0 Å². The predicted molar refractivity (Wildman–Crippen MR) is 69.4 cm³/mol. The molecule has 0 aromatic rings. The second kappa shape index (κ2) is 12.0. The van der Waals surface area contributed by atoms with Crippen molar-refractivity contribution in [2.24, 2.45) is 0 Å². The van der Waals surface area contributed by atoms with Crippen LogP contribution in [0.4, 0.5) is 0 Å². The molecule has 1 N–H and O–H groups in total. The minimum absolute atomic E-state index is 1.17. The van der Waals surface area contributed by atoms with Crippen molar-refractivity contribution in [2.75, 3.05) is 32.7 Å². The molecular formula is C13H30N2. The van der Waals surface area contributed by atoms with Crippen LogP contribution in [0.15, 0.2) is 0 Å². The van der Waals surface area contributed by atoms with Crippen molar-refractivity contribution in [3.05, 3.63) is 0 Å². The van der Waals surface area contributed by atoms with E-state index in [9.17, 15) is 0 Å². The van der Waals surface area contributed by atoms with E-state index in [1.807, 2.05) is 0 Å². The zero-order chi connectivity index (χ0) is 11.4. The van der Waals surface area contributed by atoms with Gasteiger partial charge in [0.15, 0.2) is 0 Å². The van der Waals surface area contributed by atoms with Gasteiger partial charge >= 0.3 is 0 Å². The highest BCUT2D eigenvalue weighted by atomic mass is 15.1. The SMILES string of the molecule is CCCNCCCCN(CCC)CCC. The molecule has 0 atom stereocenters. The molecule has 0 radical (unpaired) electrons.